The molecule has 4 heteroatoms. The Kier molecular flexibility index (Phi) is 3.18. The average molecular weight is 281 g/mol. The number of rotatable bonds is 2. The molecule has 0 fully saturated rings. The monoisotopic (exact) mass is 281 g/mol. The van der Waals surface area contributed by atoms with E-state index in [1.807, 2.05) is 34.9 Å². The summed E-state index contributed by atoms with van der Waals surface area (Å²) in [4.78, 5) is 4.55. The molecule has 0 saturated heterocycles. The van der Waals surface area contributed by atoms with Crippen LogP contribution in [0.1, 0.15) is 30.0 Å². The molecule has 0 bridgehead atoms. The number of benzene rings is 2. The Bertz CT molecular complexity index is 818. The van der Waals surface area contributed by atoms with Crippen LogP contribution < -0.4 is 5.73 Å². The highest BCUT2D eigenvalue weighted by Gasteiger charge is 2.17. The Labute approximate surface area is 123 Å². The van der Waals surface area contributed by atoms with E-state index >= 15 is 0 Å². The molecular formula is C17H19N3O. The first-order valence-corrected chi connectivity index (χ1v) is 7.01. The lowest BCUT2D eigenvalue weighted by atomic mass is 10.1. The minimum atomic E-state index is -0.654. The van der Waals surface area contributed by atoms with E-state index in [0.717, 1.165) is 16.7 Å². The second-order valence-electron chi connectivity index (χ2n) is 5.45. The van der Waals surface area contributed by atoms with Gasteiger partial charge in [0.15, 0.2) is 0 Å². The molecule has 0 aliphatic carbocycles. The number of nitrogens with zero attached hydrogens (tertiary/aromatic N) is 2. The van der Waals surface area contributed by atoms with Crippen LogP contribution in [-0.2, 0) is 0 Å². The van der Waals surface area contributed by atoms with E-state index in [1.54, 1.807) is 6.92 Å². The van der Waals surface area contributed by atoms with Crippen molar-refractivity contribution >= 4 is 16.7 Å². The Morgan fingerprint density at radius 2 is 1.95 bits per heavy atom. The second kappa shape index (κ2) is 4.90. The van der Waals surface area contributed by atoms with Crippen molar-refractivity contribution in [1.82, 2.24) is 9.55 Å². The lowest BCUT2D eigenvalue weighted by molar-refractivity contribution is 0.187. The molecule has 2 aromatic carbocycles. The largest absolute Gasteiger partial charge is 0.399 e. The first-order valence-electron chi connectivity index (χ1n) is 7.01. The molecule has 0 spiro atoms. The fourth-order valence-electron chi connectivity index (χ4n) is 2.63. The van der Waals surface area contributed by atoms with Crippen LogP contribution in [0, 0.1) is 13.8 Å². The smallest absolute Gasteiger partial charge is 0.143 e. The van der Waals surface area contributed by atoms with Gasteiger partial charge in [-0.15, -0.1) is 0 Å². The summed E-state index contributed by atoms with van der Waals surface area (Å²) in [5.41, 5.74) is 11.7. The zero-order valence-electron chi connectivity index (χ0n) is 12.5. The zero-order valence-corrected chi connectivity index (χ0v) is 12.5. The van der Waals surface area contributed by atoms with Gasteiger partial charge in [0, 0.05) is 5.69 Å². The molecule has 4 nitrogen and oxygen atoms in total. The molecule has 0 radical (unpaired) electrons. The number of aromatic nitrogens is 2. The van der Waals surface area contributed by atoms with E-state index in [0.29, 0.717) is 11.5 Å². The minimum absolute atomic E-state index is 0.629. The second-order valence-corrected chi connectivity index (χ2v) is 5.45. The van der Waals surface area contributed by atoms with E-state index in [-0.39, 0.29) is 0 Å². The quantitative estimate of drug-likeness (QED) is 0.708. The summed E-state index contributed by atoms with van der Waals surface area (Å²) in [5.74, 6) is 0.629. The fourth-order valence-corrected chi connectivity index (χ4v) is 2.63. The van der Waals surface area contributed by atoms with Crippen molar-refractivity contribution in [3.8, 4) is 5.69 Å². The van der Waals surface area contributed by atoms with Crippen molar-refractivity contribution in [2.75, 3.05) is 5.73 Å². The molecule has 0 aliphatic heterocycles. The van der Waals surface area contributed by atoms with Gasteiger partial charge in [-0.05, 0) is 56.2 Å². The van der Waals surface area contributed by atoms with Crippen LogP contribution in [0.15, 0.2) is 36.4 Å². The number of imidazole rings is 1. The molecule has 3 N–H and O–H groups in total. The number of nitrogens with two attached hydrogens (primary N) is 1. The number of aliphatic hydroxyl groups is 1. The Morgan fingerprint density at radius 1 is 1.19 bits per heavy atom. The molecule has 0 saturated carbocycles. The fraction of sp³-hybridized carbons (Fsp3) is 0.235. The highest BCUT2D eigenvalue weighted by atomic mass is 16.3. The minimum Gasteiger partial charge on any atom is -0.399 e. The van der Waals surface area contributed by atoms with Gasteiger partial charge in [-0.25, -0.2) is 4.98 Å². The van der Waals surface area contributed by atoms with Crippen LogP contribution in [0.25, 0.3) is 16.7 Å². The molecule has 108 valence electrons. The van der Waals surface area contributed by atoms with Gasteiger partial charge in [-0.3, -0.25) is 4.57 Å². The van der Waals surface area contributed by atoms with E-state index < -0.39 is 6.10 Å². The number of fused-ring (bicyclic) bond motifs is 1. The van der Waals surface area contributed by atoms with Crippen LogP contribution >= 0.6 is 0 Å². The first kappa shape index (κ1) is 13.6. The lowest BCUT2D eigenvalue weighted by Gasteiger charge is -2.15. The Balaban J connectivity index is 2.39. The van der Waals surface area contributed by atoms with Crippen molar-refractivity contribution in [2.45, 2.75) is 26.9 Å². The maximum Gasteiger partial charge on any atom is 0.143 e. The number of nitrogen functional groups attached to an aromatic ring is 1. The first-order chi connectivity index (χ1) is 9.99. The summed E-state index contributed by atoms with van der Waals surface area (Å²) in [6.07, 6.45) is -0.654. The summed E-state index contributed by atoms with van der Waals surface area (Å²) in [7, 11) is 0. The van der Waals surface area contributed by atoms with Gasteiger partial charge in [0.05, 0.1) is 16.7 Å². The maximum absolute atomic E-state index is 10.1. The lowest BCUT2D eigenvalue weighted by Crippen LogP contribution is -2.06. The SMILES string of the molecule is Cc1cccc(-n2c(C(C)O)nc3cc(N)ccc32)c1C. The number of aliphatic hydroxyl groups excluding tert-OH is 1. The molecule has 0 amide bonds. The van der Waals surface area contributed by atoms with Gasteiger partial charge in [0.2, 0.25) is 0 Å². The van der Waals surface area contributed by atoms with E-state index in [4.69, 9.17) is 5.73 Å². The van der Waals surface area contributed by atoms with Gasteiger partial charge in [-0.1, -0.05) is 12.1 Å². The van der Waals surface area contributed by atoms with Crippen molar-refractivity contribution in [3.05, 3.63) is 53.3 Å². The van der Waals surface area contributed by atoms with Crippen molar-refractivity contribution in [3.63, 3.8) is 0 Å². The standard InChI is InChI=1S/C17H19N3O/c1-10-5-4-6-15(11(10)2)20-16-8-7-13(18)9-14(16)19-17(20)12(3)21/h4-9,12,21H,18H2,1-3H3. The summed E-state index contributed by atoms with van der Waals surface area (Å²) in [5, 5.41) is 10.1. The molecular weight excluding hydrogens is 262 g/mol. The zero-order chi connectivity index (χ0) is 15.1. The van der Waals surface area contributed by atoms with Crippen LogP contribution in [0.3, 0.4) is 0 Å². The van der Waals surface area contributed by atoms with Gasteiger partial charge in [0.1, 0.15) is 11.9 Å². The van der Waals surface area contributed by atoms with Gasteiger partial charge in [0.25, 0.3) is 0 Å². The van der Waals surface area contributed by atoms with Crippen LogP contribution in [0.5, 0.6) is 0 Å². The van der Waals surface area contributed by atoms with Crippen molar-refractivity contribution in [2.24, 2.45) is 0 Å². The highest BCUT2D eigenvalue weighted by molar-refractivity contribution is 5.82. The van der Waals surface area contributed by atoms with Gasteiger partial charge < -0.3 is 10.8 Å². The molecule has 0 aliphatic rings. The average Bonchev–Trinajstić information content (AvgIpc) is 2.80. The molecule has 3 aromatic rings. The number of hydrogen-bond acceptors (Lipinski definition) is 3. The number of anilines is 1. The van der Waals surface area contributed by atoms with E-state index in [2.05, 4.69) is 24.9 Å². The summed E-state index contributed by atoms with van der Waals surface area (Å²) in [6, 6.07) is 11.8. The Morgan fingerprint density at radius 3 is 2.67 bits per heavy atom. The molecule has 1 atom stereocenters. The topological polar surface area (TPSA) is 64.1 Å². The molecule has 1 unspecified atom stereocenters. The predicted molar refractivity (Wildman–Crippen MR) is 85.6 cm³/mol. The van der Waals surface area contributed by atoms with Crippen LogP contribution in [0.4, 0.5) is 5.69 Å². The molecule has 1 aromatic heterocycles. The number of aryl methyl sites for hydroxylation is 1. The van der Waals surface area contributed by atoms with E-state index in [9.17, 15) is 5.11 Å². The van der Waals surface area contributed by atoms with Crippen molar-refractivity contribution < 1.29 is 5.11 Å². The predicted octanol–water partition coefficient (Wildman–Crippen LogP) is 3.28. The van der Waals surface area contributed by atoms with Crippen LogP contribution in [-0.4, -0.2) is 14.7 Å². The van der Waals surface area contributed by atoms with Gasteiger partial charge in [-0.2, -0.15) is 0 Å². The van der Waals surface area contributed by atoms with Crippen molar-refractivity contribution in [1.29, 1.82) is 0 Å². The third-order valence-electron chi connectivity index (χ3n) is 3.90. The Hall–Kier alpha value is -2.33. The molecule has 1 heterocycles. The highest BCUT2D eigenvalue weighted by Crippen LogP contribution is 2.29. The maximum atomic E-state index is 10.1. The number of hydrogen-bond donors (Lipinski definition) is 2. The van der Waals surface area contributed by atoms with E-state index in [1.165, 1.54) is 11.1 Å². The molecule has 3 rings (SSSR count). The summed E-state index contributed by atoms with van der Waals surface area (Å²) >= 11 is 0. The van der Waals surface area contributed by atoms with Gasteiger partial charge >= 0.3 is 0 Å². The molecule has 21 heavy (non-hydrogen) atoms. The van der Waals surface area contributed by atoms with Crippen LogP contribution in [0.2, 0.25) is 0 Å². The third-order valence-corrected chi connectivity index (χ3v) is 3.90. The summed E-state index contributed by atoms with van der Waals surface area (Å²) in [6.45, 7) is 5.89. The summed E-state index contributed by atoms with van der Waals surface area (Å²) < 4.78 is 2.02. The third kappa shape index (κ3) is 2.17. The normalized spacial score (nSPS) is 12.8.